The van der Waals surface area contributed by atoms with E-state index in [1.165, 1.54) is 25.1 Å². The molecular weight excluding hydrogens is 413 g/mol. The van der Waals surface area contributed by atoms with Crippen LogP contribution in [0.3, 0.4) is 0 Å². The van der Waals surface area contributed by atoms with Gasteiger partial charge in [0.2, 0.25) is 0 Å². The summed E-state index contributed by atoms with van der Waals surface area (Å²) in [5, 5.41) is 7.01. The molecule has 0 saturated carbocycles. The Morgan fingerprint density at radius 3 is 2.56 bits per heavy atom. The number of nitrogens with one attached hydrogen (secondary N) is 1. The molecule has 1 atom stereocenters. The molecule has 1 N–H and O–H groups in total. The van der Waals surface area contributed by atoms with E-state index in [0.29, 0.717) is 28.0 Å². The number of pyridine rings is 1. The molecule has 2 heterocycles. The summed E-state index contributed by atoms with van der Waals surface area (Å²) in [5.74, 6) is -1.58. The van der Waals surface area contributed by atoms with E-state index in [1.807, 2.05) is 25.1 Å². The van der Waals surface area contributed by atoms with Gasteiger partial charge in [-0.15, -0.1) is 0 Å². The van der Waals surface area contributed by atoms with Gasteiger partial charge in [-0.3, -0.25) is 4.79 Å². The van der Waals surface area contributed by atoms with Crippen LogP contribution in [0.2, 0.25) is 0 Å². The smallest absolute Gasteiger partial charge is 0.339 e. The highest BCUT2D eigenvalue weighted by Crippen LogP contribution is 2.28. The topological polar surface area (TPSA) is 94.3 Å². The lowest BCUT2D eigenvalue weighted by Crippen LogP contribution is -2.30. The van der Waals surface area contributed by atoms with E-state index < -0.39 is 23.8 Å². The molecule has 0 saturated heterocycles. The van der Waals surface area contributed by atoms with Gasteiger partial charge in [-0.05, 0) is 68.8 Å². The number of hydrogen-bond acceptors (Lipinski definition) is 6. The van der Waals surface area contributed by atoms with Gasteiger partial charge in [-0.1, -0.05) is 17.3 Å². The van der Waals surface area contributed by atoms with Crippen molar-refractivity contribution in [2.45, 2.75) is 26.9 Å². The zero-order valence-electron chi connectivity index (χ0n) is 17.7. The number of carbonyl (C=O) groups excluding carboxylic acids is 2. The lowest BCUT2D eigenvalue weighted by atomic mass is 10.1. The van der Waals surface area contributed by atoms with Gasteiger partial charge in [0.1, 0.15) is 5.82 Å². The monoisotopic (exact) mass is 433 g/mol. The maximum atomic E-state index is 13.3. The molecule has 32 heavy (non-hydrogen) atoms. The third kappa shape index (κ3) is 4.34. The summed E-state index contributed by atoms with van der Waals surface area (Å²) in [6.07, 6.45) is -1.05. The number of ether oxygens (including phenoxy) is 1. The fourth-order valence-corrected chi connectivity index (χ4v) is 3.27. The number of esters is 1. The number of fused-ring (bicyclic) bond motifs is 1. The van der Waals surface area contributed by atoms with Crippen molar-refractivity contribution in [2.24, 2.45) is 0 Å². The molecule has 4 aromatic rings. The van der Waals surface area contributed by atoms with E-state index in [1.54, 1.807) is 25.1 Å². The van der Waals surface area contributed by atoms with Crippen molar-refractivity contribution in [3.8, 4) is 11.3 Å². The van der Waals surface area contributed by atoms with Crippen molar-refractivity contribution in [3.05, 3.63) is 77.2 Å². The molecule has 0 spiro atoms. The van der Waals surface area contributed by atoms with Crippen molar-refractivity contribution in [1.82, 2.24) is 10.1 Å². The predicted octanol–water partition coefficient (Wildman–Crippen LogP) is 4.83. The molecule has 0 aliphatic carbocycles. The Bertz CT molecular complexity index is 1310. The van der Waals surface area contributed by atoms with Gasteiger partial charge in [-0.25, -0.2) is 14.2 Å². The molecule has 0 radical (unpaired) electrons. The van der Waals surface area contributed by atoms with Gasteiger partial charge in [0, 0.05) is 11.3 Å². The van der Waals surface area contributed by atoms with Crippen LogP contribution in [0, 0.1) is 19.7 Å². The average molecular weight is 433 g/mol. The quantitative estimate of drug-likeness (QED) is 0.453. The average Bonchev–Trinajstić information content (AvgIpc) is 3.14. The molecule has 8 heteroatoms. The summed E-state index contributed by atoms with van der Waals surface area (Å²) >= 11 is 0. The van der Waals surface area contributed by atoms with Crippen molar-refractivity contribution >= 4 is 28.7 Å². The molecule has 4 rings (SSSR count). The molecule has 1 unspecified atom stereocenters. The molecule has 0 aliphatic heterocycles. The van der Waals surface area contributed by atoms with Crippen LogP contribution in [0.15, 0.2) is 59.1 Å². The normalized spacial score (nSPS) is 11.9. The second kappa shape index (κ2) is 8.58. The number of aryl methyl sites for hydroxylation is 2. The Hall–Kier alpha value is -4.07. The standard InChI is InChI=1S/C24H20FN3O4/c1-13-5-4-6-18(11-13)26-22(29)15(3)31-24(30)19-12-20(16-7-9-17(25)10-8-16)27-23-21(19)14(2)28-32-23/h4-12,15H,1-3H3,(H,26,29). The van der Waals surface area contributed by atoms with E-state index in [2.05, 4.69) is 15.5 Å². The first-order valence-corrected chi connectivity index (χ1v) is 9.93. The highest BCUT2D eigenvalue weighted by molar-refractivity contribution is 6.05. The van der Waals surface area contributed by atoms with E-state index in [0.717, 1.165) is 5.56 Å². The SMILES string of the molecule is Cc1cccc(NC(=O)C(C)OC(=O)c2cc(-c3ccc(F)cc3)nc3onc(C)c23)c1. The fourth-order valence-electron chi connectivity index (χ4n) is 3.27. The molecule has 2 aromatic heterocycles. The van der Waals surface area contributed by atoms with Crippen molar-refractivity contribution in [3.63, 3.8) is 0 Å². The predicted molar refractivity (Wildman–Crippen MR) is 117 cm³/mol. The number of carbonyl (C=O) groups is 2. The highest BCUT2D eigenvalue weighted by Gasteiger charge is 2.24. The van der Waals surface area contributed by atoms with Crippen LogP contribution in [0.4, 0.5) is 10.1 Å². The zero-order valence-corrected chi connectivity index (χ0v) is 17.7. The Labute approximate surface area is 183 Å². The maximum Gasteiger partial charge on any atom is 0.339 e. The van der Waals surface area contributed by atoms with Crippen molar-refractivity contribution in [2.75, 3.05) is 5.32 Å². The number of halogens is 1. The van der Waals surface area contributed by atoms with E-state index >= 15 is 0 Å². The van der Waals surface area contributed by atoms with Crippen LogP contribution in [0.5, 0.6) is 0 Å². The summed E-state index contributed by atoms with van der Waals surface area (Å²) in [5.41, 5.74) is 3.33. The number of aromatic nitrogens is 2. The molecule has 0 fully saturated rings. The summed E-state index contributed by atoms with van der Waals surface area (Å²) in [6, 6.07) is 14.5. The number of amides is 1. The summed E-state index contributed by atoms with van der Waals surface area (Å²) in [6.45, 7) is 5.08. The van der Waals surface area contributed by atoms with Crippen molar-refractivity contribution < 1.29 is 23.2 Å². The number of rotatable bonds is 5. The second-order valence-electron chi connectivity index (χ2n) is 7.42. The van der Waals surface area contributed by atoms with Crippen LogP contribution in [0.25, 0.3) is 22.4 Å². The Morgan fingerprint density at radius 2 is 1.84 bits per heavy atom. The first-order chi connectivity index (χ1) is 15.3. The Morgan fingerprint density at radius 1 is 1.09 bits per heavy atom. The van der Waals surface area contributed by atoms with Gasteiger partial charge < -0.3 is 14.6 Å². The van der Waals surface area contributed by atoms with Crippen LogP contribution in [-0.2, 0) is 9.53 Å². The van der Waals surface area contributed by atoms with Gasteiger partial charge in [0.25, 0.3) is 11.6 Å². The fraction of sp³-hybridized carbons (Fsp3) is 0.167. The van der Waals surface area contributed by atoms with Crippen LogP contribution in [0.1, 0.15) is 28.5 Å². The highest BCUT2D eigenvalue weighted by atomic mass is 19.1. The molecule has 1 amide bonds. The molecule has 0 bridgehead atoms. The summed E-state index contributed by atoms with van der Waals surface area (Å²) in [7, 11) is 0. The van der Waals surface area contributed by atoms with Crippen LogP contribution >= 0.6 is 0 Å². The maximum absolute atomic E-state index is 13.3. The van der Waals surface area contributed by atoms with Crippen LogP contribution < -0.4 is 5.32 Å². The van der Waals surface area contributed by atoms with Gasteiger partial charge in [0.15, 0.2) is 6.10 Å². The minimum absolute atomic E-state index is 0.146. The second-order valence-corrected chi connectivity index (χ2v) is 7.42. The minimum Gasteiger partial charge on any atom is -0.449 e. The number of nitrogens with zero attached hydrogens (tertiary/aromatic N) is 2. The number of anilines is 1. The minimum atomic E-state index is -1.05. The third-order valence-corrected chi connectivity index (χ3v) is 4.92. The van der Waals surface area contributed by atoms with Crippen molar-refractivity contribution in [1.29, 1.82) is 0 Å². The number of hydrogen-bond donors (Lipinski definition) is 1. The first-order valence-electron chi connectivity index (χ1n) is 9.93. The first kappa shape index (κ1) is 21.2. The largest absolute Gasteiger partial charge is 0.449 e. The van der Waals surface area contributed by atoms with Crippen LogP contribution in [-0.4, -0.2) is 28.1 Å². The van der Waals surface area contributed by atoms with E-state index in [-0.39, 0.29) is 11.3 Å². The molecular formula is C24H20FN3O4. The van der Waals surface area contributed by atoms with Gasteiger partial charge in [0.05, 0.1) is 22.3 Å². The Balaban J connectivity index is 1.61. The van der Waals surface area contributed by atoms with E-state index in [9.17, 15) is 14.0 Å². The molecule has 7 nitrogen and oxygen atoms in total. The third-order valence-electron chi connectivity index (χ3n) is 4.92. The molecule has 2 aromatic carbocycles. The van der Waals surface area contributed by atoms with Gasteiger partial charge >= 0.3 is 5.97 Å². The number of benzene rings is 2. The lowest BCUT2D eigenvalue weighted by molar-refractivity contribution is -0.123. The summed E-state index contributed by atoms with van der Waals surface area (Å²) in [4.78, 5) is 29.9. The lowest BCUT2D eigenvalue weighted by Gasteiger charge is -2.14. The molecule has 0 aliphatic rings. The molecule has 162 valence electrons. The van der Waals surface area contributed by atoms with E-state index in [4.69, 9.17) is 9.26 Å². The Kier molecular flexibility index (Phi) is 5.68. The zero-order chi connectivity index (χ0) is 22.8. The van der Waals surface area contributed by atoms with Gasteiger partial charge in [-0.2, -0.15) is 0 Å². The summed E-state index contributed by atoms with van der Waals surface area (Å²) < 4.78 is 24.0.